The predicted octanol–water partition coefficient (Wildman–Crippen LogP) is 3.46. The first-order chi connectivity index (χ1) is 10.1. The summed E-state index contributed by atoms with van der Waals surface area (Å²) < 4.78 is 1.86. The van der Waals surface area contributed by atoms with Gasteiger partial charge in [0.1, 0.15) is 5.56 Å². The summed E-state index contributed by atoms with van der Waals surface area (Å²) in [7, 11) is 0. The van der Waals surface area contributed by atoms with Crippen LogP contribution in [0.3, 0.4) is 0 Å². The summed E-state index contributed by atoms with van der Waals surface area (Å²) in [4.78, 5) is 11.7. The molecule has 1 aromatic heterocycles. The molecular weight excluding hydrogens is 264 g/mol. The van der Waals surface area contributed by atoms with Crippen LogP contribution in [0.15, 0.2) is 6.20 Å². The van der Waals surface area contributed by atoms with Gasteiger partial charge in [-0.3, -0.25) is 4.68 Å². The first-order valence-corrected chi connectivity index (χ1v) is 8.41. The van der Waals surface area contributed by atoms with Crippen LogP contribution in [0, 0.1) is 17.8 Å². The van der Waals surface area contributed by atoms with Gasteiger partial charge in [0, 0.05) is 18.2 Å². The van der Waals surface area contributed by atoms with Crippen LogP contribution in [0.1, 0.15) is 67.9 Å². The van der Waals surface area contributed by atoms with Crippen LogP contribution in [-0.4, -0.2) is 20.9 Å². The molecule has 4 nitrogen and oxygen atoms in total. The average Bonchev–Trinajstić information content (AvgIpc) is 2.82. The summed E-state index contributed by atoms with van der Waals surface area (Å²) in [5, 5.41) is 14.3. The Morgan fingerprint density at radius 1 is 1.29 bits per heavy atom. The Morgan fingerprint density at radius 2 is 1.86 bits per heavy atom. The molecule has 0 saturated heterocycles. The van der Waals surface area contributed by atoms with Crippen LogP contribution >= 0.6 is 0 Å². The second-order valence-electron chi connectivity index (χ2n) is 7.66. The lowest BCUT2D eigenvalue weighted by Gasteiger charge is -2.56. The Hall–Kier alpha value is -1.32. The molecule has 0 spiro atoms. The van der Waals surface area contributed by atoms with Gasteiger partial charge in [-0.1, -0.05) is 6.92 Å². The van der Waals surface area contributed by atoms with Crippen LogP contribution in [-0.2, 0) is 12.0 Å². The normalized spacial score (nSPS) is 37.1. The number of carboxylic acid groups (broad SMARTS) is 1. The summed E-state index contributed by atoms with van der Waals surface area (Å²) >= 11 is 0. The monoisotopic (exact) mass is 288 g/mol. The Balaban J connectivity index is 1.76. The van der Waals surface area contributed by atoms with Crippen molar-refractivity contribution in [1.82, 2.24) is 9.78 Å². The lowest BCUT2D eigenvalue weighted by Crippen LogP contribution is -2.49. The zero-order valence-corrected chi connectivity index (χ0v) is 12.7. The highest BCUT2D eigenvalue weighted by Gasteiger charge is 2.53. The van der Waals surface area contributed by atoms with Crippen molar-refractivity contribution in [3.8, 4) is 0 Å². The third kappa shape index (κ3) is 2.02. The first-order valence-electron chi connectivity index (χ1n) is 8.41. The number of carbonyl (C=O) groups is 1. The largest absolute Gasteiger partial charge is 0.478 e. The molecule has 4 aliphatic rings. The zero-order valence-electron chi connectivity index (χ0n) is 12.7. The molecule has 4 saturated carbocycles. The number of nitrogens with zero attached hydrogens (tertiary/aromatic N) is 2. The van der Waals surface area contributed by atoms with E-state index in [2.05, 4.69) is 6.92 Å². The number of aromatic nitrogens is 2. The molecule has 1 aromatic rings. The molecule has 0 radical (unpaired) electrons. The van der Waals surface area contributed by atoms with Gasteiger partial charge in [0.25, 0.3) is 0 Å². The van der Waals surface area contributed by atoms with Gasteiger partial charge in [-0.15, -0.1) is 0 Å². The molecule has 1 heterocycles. The molecule has 1 N–H and O–H groups in total. The van der Waals surface area contributed by atoms with E-state index in [1.807, 2.05) is 4.68 Å². The number of hydrogen-bond donors (Lipinski definition) is 1. The molecule has 4 bridgehead atoms. The Labute approximate surface area is 125 Å². The molecular formula is C17H24N2O2. The molecule has 4 fully saturated rings. The maximum absolute atomic E-state index is 11.7. The maximum atomic E-state index is 11.7. The Bertz CT molecular complexity index is 540. The van der Waals surface area contributed by atoms with Crippen molar-refractivity contribution < 1.29 is 9.90 Å². The first kappa shape index (κ1) is 13.4. The molecule has 0 aliphatic heterocycles. The second-order valence-corrected chi connectivity index (χ2v) is 7.66. The van der Waals surface area contributed by atoms with Crippen molar-refractivity contribution in [1.29, 1.82) is 0 Å². The summed E-state index contributed by atoms with van der Waals surface area (Å²) in [5.74, 6) is 1.64. The standard InChI is InChI=1S/C17H24N2O2/c1-2-3-19-10-14(16(20)21)15(18-19)17-7-11-4-12(8-17)6-13(5-11)9-17/h10-13H,2-9H2,1H3,(H,20,21). The number of aryl methyl sites for hydroxylation is 1. The maximum Gasteiger partial charge on any atom is 0.339 e. The van der Waals surface area contributed by atoms with Crippen LogP contribution < -0.4 is 0 Å². The highest BCUT2D eigenvalue weighted by atomic mass is 16.4. The fourth-order valence-electron chi connectivity index (χ4n) is 5.71. The number of hydrogen-bond acceptors (Lipinski definition) is 2. The molecule has 4 aliphatic carbocycles. The van der Waals surface area contributed by atoms with E-state index in [1.54, 1.807) is 6.20 Å². The molecule has 21 heavy (non-hydrogen) atoms. The van der Waals surface area contributed by atoms with Crippen molar-refractivity contribution in [2.24, 2.45) is 17.8 Å². The SMILES string of the molecule is CCCn1cc(C(=O)O)c(C23CC4CC(CC(C4)C2)C3)n1. The van der Waals surface area contributed by atoms with E-state index in [0.717, 1.165) is 36.4 Å². The Kier molecular flexibility index (Phi) is 2.92. The molecule has 4 heteroatoms. The van der Waals surface area contributed by atoms with Crippen molar-refractivity contribution in [3.63, 3.8) is 0 Å². The molecule has 0 unspecified atom stereocenters. The van der Waals surface area contributed by atoms with E-state index in [4.69, 9.17) is 5.10 Å². The molecule has 5 rings (SSSR count). The van der Waals surface area contributed by atoms with Crippen molar-refractivity contribution >= 4 is 5.97 Å². The average molecular weight is 288 g/mol. The van der Waals surface area contributed by atoms with Gasteiger partial charge >= 0.3 is 5.97 Å². The fourth-order valence-corrected chi connectivity index (χ4v) is 5.71. The summed E-state index contributed by atoms with van der Waals surface area (Å²) in [6.45, 7) is 2.92. The van der Waals surface area contributed by atoms with E-state index in [1.165, 1.54) is 38.5 Å². The van der Waals surface area contributed by atoms with Gasteiger partial charge in [-0.2, -0.15) is 5.10 Å². The zero-order chi connectivity index (χ0) is 14.6. The minimum absolute atomic E-state index is 0.0709. The highest BCUT2D eigenvalue weighted by molar-refractivity contribution is 5.89. The van der Waals surface area contributed by atoms with Gasteiger partial charge in [-0.05, 0) is 62.7 Å². The van der Waals surface area contributed by atoms with Gasteiger partial charge in [0.2, 0.25) is 0 Å². The van der Waals surface area contributed by atoms with E-state index in [0.29, 0.717) is 5.56 Å². The quantitative estimate of drug-likeness (QED) is 0.923. The summed E-state index contributed by atoms with van der Waals surface area (Å²) in [6.07, 6.45) is 10.4. The van der Waals surface area contributed by atoms with E-state index < -0.39 is 5.97 Å². The predicted molar refractivity (Wildman–Crippen MR) is 79.3 cm³/mol. The smallest absolute Gasteiger partial charge is 0.339 e. The second kappa shape index (κ2) is 4.59. The van der Waals surface area contributed by atoms with Gasteiger partial charge in [0.05, 0.1) is 5.69 Å². The highest BCUT2D eigenvalue weighted by Crippen LogP contribution is 2.60. The van der Waals surface area contributed by atoms with Crippen LogP contribution in [0.2, 0.25) is 0 Å². The van der Waals surface area contributed by atoms with Gasteiger partial charge in [0.15, 0.2) is 0 Å². The Morgan fingerprint density at radius 3 is 2.33 bits per heavy atom. The third-order valence-electron chi connectivity index (χ3n) is 5.99. The number of carboxylic acids is 1. The minimum atomic E-state index is -0.803. The number of aromatic carboxylic acids is 1. The minimum Gasteiger partial charge on any atom is -0.478 e. The molecule has 0 amide bonds. The summed E-state index contributed by atoms with van der Waals surface area (Å²) in [5.41, 5.74) is 1.44. The van der Waals surface area contributed by atoms with Crippen molar-refractivity contribution in [3.05, 3.63) is 17.5 Å². The van der Waals surface area contributed by atoms with E-state index >= 15 is 0 Å². The van der Waals surface area contributed by atoms with Crippen LogP contribution in [0.25, 0.3) is 0 Å². The molecule has 0 atom stereocenters. The lowest BCUT2D eigenvalue weighted by atomic mass is 9.48. The van der Waals surface area contributed by atoms with Gasteiger partial charge in [-0.25, -0.2) is 4.79 Å². The van der Waals surface area contributed by atoms with Gasteiger partial charge < -0.3 is 5.11 Å². The van der Waals surface area contributed by atoms with Crippen molar-refractivity contribution in [2.75, 3.05) is 0 Å². The van der Waals surface area contributed by atoms with Crippen molar-refractivity contribution in [2.45, 2.75) is 63.8 Å². The van der Waals surface area contributed by atoms with Crippen LogP contribution in [0.5, 0.6) is 0 Å². The topological polar surface area (TPSA) is 55.1 Å². The third-order valence-corrected chi connectivity index (χ3v) is 5.99. The fraction of sp³-hybridized carbons (Fsp3) is 0.765. The molecule has 114 valence electrons. The summed E-state index contributed by atoms with van der Waals surface area (Å²) in [6, 6.07) is 0. The van der Waals surface area contributed by atoms with E-state index in [-0.39, 0.29) is 5.41 Å². The van der Waals surface area contributed by atoms with E-state index in [9.17, 15) is 9.90 Å². The molecule has 0 aromatic carbocycles. The lowest BCUT2D eigenvalue weighted by molar-refractivity contribution is -0.00808. The van der Waals surface area contributed by atoms with Crippen LogP contribution in [0.4, 0.5) is 0 Å². The number of rotatable bonds is 4.